The van der Waals surface area contributed by atoms with Gasteiger partial charge in [0.15, 0.2) is 0 Å². The number of benzene rings is 1. The van der Waals surface area contributed by atoms with Gasteiger partial charge in [-0.2, -0.15) is 4.98 Å². The molecule has 27 heavy (non-hydrogen) atoms. The number of hydrogen-bond acceptors (Lipinski definition) is 7. The lowest BCUT2D eigenvalue weighted by Gasteiger charge is -2.06. The zero-order chi connectivity index (χ0) is 19.1. The molecule has 3 rings (SSSR count). The molecule has 0 unspecified atom stereocenters. The number of carbonyl (C=O) groups is 1. The maximum Gasteiger partial charge on any atom is 0.316 e. The Hall–Kier alpha value is -2.19. The quantitative estimate of drug-likeness (QED) is 0.286. The van der Waals surface area contributed by atoms with E-state index < -0.39 is 0 Å². The molecule has 0 bridgehead atoms. The van der Waals surface area contributed by atoms with Gasteiger partial charge >= 0.3 is 5.97 Å². The van der Waals surface area contributed by atoms with Crippen molar-refractivity contribution in [1.82, 2.24) is 15.1 Å². The summed E-state index contributed by atoms with van der Waals surface area (Å²) in [6.45, 7) is 2.34. The molecule has 0 N–H and O–H groups in total. The van der Waals surface area contributed by atoms with Crippen LogP contribution < -0.4 is 0 Å². The molecule has 0 aliphatic carbocycles. The monoisotopic (exact) mass is 447 g/mol. The fourth-order valence-corrected chi connectivity index (χ4v) is 3.61. The van der Waals surface area contributed by atoms with Gasteiger partial charge in [-0.1, -0.05) is 21.1 Å². The van der Waals surface area contributed by atoms with Crippen LogP contribution in [-0.2, 0) is 16.0 Å². The first-order chi connectivity index (χ1) is 13.1. The van der Waals surface area contributed by atoms with Gasteiger partial charge in [-0.3, -0.25) is 9.78 Å². The molecule has 0 atom stereocenters. The number of aryl methyl sites for hydroxylation is 2. The maximum atomic E-state index is 11.9. The van der Waals surface area contributed by atoms with Crippen LogP contribution in [0, 0.1) is 6.92 Å². The summed E-state index contributed by atoms with van der Waals surface area (Å²) in [5.41, 5.74) is 1.93. The lowest BCUT2D eigenvalue weighted by Crippen LogP contribution is -2.09. The second-order valence-electron chi connectivity index (χ2n) is 5.78. The standard InChI is InChI=1S/C19H18BrN3O3S/c1-13-10-15(20)6-7-16(13)27-12-18(24)25-9-3-5-17-22-19(23-26-17)14-4-2-8-21-11-14/h2,4,6-8,10-11H,3,5,9,12H2,1H3. The van der Waals surface area contributed by atoms with Gasteiger partial charge in [0.2, 0.25) is 11.7 Å². The summed E-state index contributed by atoms with van der Waals surface area (Å²) in [4.78, 5) is 21.3. The number of pyridine rings is 1. The zero-order valence-electron chi connectivity index (χ0n) is 14.7. The summed E-state index contributed by atoms with van der Waals surface area (Å²) in [6.07, 6.45) is 4.55. The molecule has 1 aromatic carbocycles. The van der Waals surface area contributed by atoms with Gasteiger partial charge < -0.3 is 9.26 Å². The molecule has 0 saturated heterocycles. The Labute approximate surface area is 169 Å². The van der Waals surface area contributed by atoms with Crippen LogP contribution in [0.3, 0.4) is 0 Å². The first kappa shape index (κ1) is 19.6. The molecule has 3 aromatic rings. The van der Waals surface area contributed by atoms with Crippen LogP contribution in [0.25, 0.3) is 11.4 Å². The average molecular weight is 448 g/mol. The van der Waals surface area contributed by atoms with Crippen molar-refractivity contribution in [2.45, 2.75) is 24.7 Å². The largest absolute Gasteiger partial charge is 0.465 e. The highest BCUT2D eigenvalue weighted by Crippen LogP contribution is 2.25. The van der Waals surface area contributed by atoms with Crippen molar-refractivity contribution < 1.29 is 14.1 Å². The summed E-state index contributed by atoms with van der Waals surface area (Å²) >= 11 is 4.91. The van der Waals surface area contributed by atoms with Crippen molar-refractivity contribution in [2.24, 2.45) is 0 Å². The average Bonchev–Trinajstić information content (AvgIpc) is 3.14. The molecule has 0 radical (unpaired) electrons. The van der Waals surface area contributed by atoms with Crippen molar-refractivity contribution >= 4 is 33.7 Å². The van der Waals surface area contributed by atoms with E-state index in [1.54, 1.807) is 12.4 Å². The van der Waals surface area contributed by atoms with Gasteiger partial charge in [0.05, 0.1) is 12.4 Å². The van der Waals surface area contributed by atoms with Crippen LogP contribution in [0.5, 0.6) is 0 Å². The number of esters is 1. The highest BCUT2D eigenvalue weighted by atomic mass is 79.9. The van der Waals surface area contributed by atoms with E-state index in [0.717, 1.165) is 20.5 Å². The van der Waals surface area contributed by atoms with E-state index >= 15 is 0 Å². The zero-order valence-corrected chi connectivity index (χ0v) is 17.1. The van der Waals surface area contributed by atoms with Crippen LogP contribution in [0.4, 0.5) is 0 Å². The van der Waals surface area contributed by atoms with Crippen LogP contribution in [0.2, 0.25) is 0 Å². The molecule has 0 spiro atoms. The van der Waals surface area contributed by atoms with E-state index in [0.29, 0.717) is 31.2 Å². The van der Waals surface area contributed by atoms with E-state index in [2.05, 4.69) is 31.1 Å². The normalized spacial score (nSPS) is 10.7. The third kappa shape index (κ3) is 5.90. The smallest absolute Gasteiger partial charge is 0.316 e. The van der Waals surface area contributed by atoms with E-state index in [4.69, 9.17) is 9.26 Å². The minimum Gasteiger partial charge on any atom is -0.465 e. The predicted octanol–water partition coefficient (Wildman–Crippen LogP) is 4.47. The maximum absolute atomic E-state index is 11.9. The van der Waals surface area contributed by atoms with E-state index in [1.165, 1.54) is 11.8 Å². The van der Waals surface area contributed by atoms with E-state index in [1.807, 2.05) is 37.3 Å². The summed E-state index contributed by atoms with van der Waals surface area (Å²) in [7, 11) is 0. The molecular formula is C19H18BrN3O3S. The lowest BCUT2D eigenvalue weighted by molar-refractivity contribution is -0.140. The number of hydrogen-bond donors (Lipinski definition) is 0. The van der Waals surface area contributed by atoms with Gasteiger partial charge in [0.25, 0.3) is 0 Å². The van der Waals surface area contributed by atoms with Crippen molar-refractivity contribution in [3.05, 3.63) is 58.7 Å². The Morgan fingerprint density at radius 3 is 3.00 bits per heavy atom. The van der Waals surface area contributed by atoms with Gasteiger partial charge in [-0.25, -0.2) is 0 Å². The van der Waals surface area contributed by atoms with Crippen LogP contribution >= 0.6 is 27.7 Å². The molecule has 0 aliphatic rings. The fraction of sp³-hybridized carbons (Fsp3) is 0.263. The number of ether oxygens (including phenoxy) is 1. The number of aromatic nitrogens is 3. The van der Waals surface area contributed by atoms with E-state index in [-0.39, 0.29) is 11.7 Å². The lowest BCUT2D eigenvalue weighted by atomic mass is 10.2. The minimum absolute atomic E-state index is 0.233. The second-order valence-corrected chi connectivity index (χ2v) is 7.71. The van der Waals surface area contributed by atoms with Gasteiger partial charge in [0, 0.05) is 33.7 Å². The van der Waals surface area contributed by atoms with Crippen LogP contribution in [-0.4, -0.2) is 33.5 Å². The first-order valence-electron chi connectivity index (χ1n) is 8.39. The first-order valence-corrected chi connectivity index (χ1v) is 10.2. The van der Waals surface area contributed by atoms with Crippen molar-refractivity contribution in [1.29, 1.82) is 0 Å². The Morgan fingerprint density at radius 2 is 2.22 bits per heavy atom. The Morgan fingerprint density at radius 1 is 1.33 bits per heavy atom. The van der Waals surface area contributed by atoms with Crippen LogP contribution in [0.15, 0.2) is 56.6 Å². The molecule has 2 aromatic heterocycles. The van der Waals surface area contributed by atoms with Gasteiger partial charge in [-0.15, -0.1) is 11.8 Å². The Kier molecular flexibility index (Phi) is 7.00. The molecule has 6 nitrogen and oxygen atoms in total. The highest BCUT2D eigenvalue weighted by molar-refractivity contribution is 9.10. The summed E-state index contributed by atoms with van der Waals surface area (Å²) < 4.78 is 11.5. The number of nitrogens with zero attached hydrogens (tertiary/aromatic N) is 3. The highest BCUT2D eigenvalue weighted by Gasteiger charge is 2.10. The Balaban J connectivity index is 1.37. The molecule has 2 heterocycles. The van der Waals surface area contributed by atoms with Crippen molar-refractivity contribution in [3.8, 4) is 11.4 Å². The number of halogens is 1. The summed E-state index contributed by atoms with van der Waals surface area (Å²) in [5, 5.41) is 3.94. The third-order valence-corrected chi connectivity index (χ3v) is 5.31. The molecule has 140 valence electrons. The van der Waals surface area contributed by atoms with Gasteiger partial charge in [-0.05, 0) is 49.2 Å². The number of carbonyl (C=O) groups excluding carboxylic acids is 1. The SMILES string of the molecule is Cc1cc(Br)ccc1SCC(=O)OCCCc1nc(-c2cccnc2)no1. The van der Waals surface area contributed by atoms with Crippen molar-refractivity contribution in [2.75, 3.05) is 12.4 Å². The summed E-state index contributed by atoms with van der Waals surface area (Å²) in [6, 6.07) is 9.67. The molecule has 0 aliphatic heterocycles. The third-order valence-electron chi connectivity index (χ3n) is 3.67. The molecule has 0 fully saturated rings. The number of thioether (sulfide) groups is 1. The summed E-state index contributed by atoms with van der Waals surface area (Å²) in [5.74, 6) is 1.08. The van der Waals surface area contributed by atoms with Crippen molar-refractivity contribution in [3.63, 3.8) is 0 Å². The predicted molar refractivity (Wildman–Crippen MR) is 106 cm³/mol. The van der Waals surface area contributed by atoms with Crippen LogP contribution in [0.1, 0.15) is 17.9 Å². The molecule has 0 amide bonds. The van der Waals surface area contributed by atoms with Gasteiger partial charge in [0.1, 0.15) is 0 Å². The fourth-order valence-electron chi connectivity index (χ4n) is 2.33. The minimum atomic E-state index is -0.233. The van der Waals surface area contributed by atoms with E-state index in [9.17, 15) is 4.79 Å². The Bertz CT molecular complexity index is 902. The molecule has 0 saturated carbocycles. The topological polar surface area (TPSA) is 78.1 Å². The molecule has 8 heteroatoms. The number of rotatable bonds is 8. The molecular weight excluding hydrogens is 430 g/mol. The second kappa shape index (κ2) is 9.66.